The number of amides is 3. The molecule has 0 aliphatic heterocycles. The topological polar surface area (TPSA) is 93.7 Å². The second kappa shape index (κ2) is 9.22. The Bertz CT molecular complexity index is 775. The SMILES string of the molecule is CC(C)NC(=O)NC(=O)COC(=O)c1cccc(Oc2ccccc2)c1. The summed E-state index contributed by atoms with van der Waals surface area (Å²) in [6, 6.07) is 14.8. The highest BCUT2D eigenvalue weighted by Crippen LogP contribution is 2.22. The van der Waals surface area contributed by atoms with E-state index >= 15 is 0 Å². The quantitative estimate of drug-likeness (QED) is 0.776. The van der Waals surface area contributed by atoms with Gasteiger partial charge < -0.3 is 14.8 Å². The summed E-state index contributed by atoms with van der Waals surface area (Å²) in [5.41, 5.74) is 0.234. The summed E-state index contributed by atoms with van der Waals surface area (Å²) in [7, 11) is 0. The number of hydrogen-bond donors (Lipinski definition) is 2. The molecule has 0 spiro atoms. The van der Waals surface area contributed by atoms with Crippen molar-refractivity contribution in [2.45, 2.75) is 19.9 Å². The van der Waals surface area contributed by atoms with Crippen molar-refractivity contribution in [1.29, 1.82) is 0 Å². The molecular weight excluding hydrogens is 336 g/mol. The Morgan fingerprint density at radius 3 is 2.35 bits per heavy atom. The maximum Gasteiger partial charge on any atom is 0.338 e. The van der Waals surface area contributed by atoms with E-state index in [1.165, 1.54) is 6.07 Å². The van der Waals surface area contributed by atoms with Crippen LogP contribution in [0.25, 0.3) is 0 Å². The van der Waals surface area contributed by atoms with E-state index in [1.807, 2.05) is 18.2 Å². The van der Waals surface area contributed by atoms with E-state index in [0.29, 0.717) is 11.5 Å². The number of nitrogens with one attached hydrogen (secondary N) is 2. The third kappa shape index (κ3) is 6.27. The van der Waals surface area contributed by atoms with Gasteiger partial charge in [0, 0.05) is 6.04 Å². The minimum atomic E-state index is -0.715. The van der Waals surface area contributed by atoms with E-state index < -0.39 is 24.5 Å². The fourth-order valence-corrected chi connectivity index (χ4v) is 1.99. The zero-order chi connectivity index (χ0) is 18.9. The molecule has 2 N–H and O–H groups in total. The van der Waals surface area contributed by atoms with Gasteiger partial charge in [0.2, 0.25) is 0 Å². The molecule has 0 aliphatic carbocycles. The normalized spacial score (nSPS) is 10.1. The fraction of sp³-hybridized carbons (Fsp3) is 0.211. The molecule has 0 bridgehead atoms. The maximum atomic E-state index is 12.1. The third-order valence-electron chi connectivity index (χ3n) is 3.06. The second-order valence-corrected chi connectivity index (χ2v) is 5.70. The summed E-state index contributed by atoms with van der Waals surface area (Å²) in [5, 5.41) is 4.57. The molecular formula is C19H20N2O5. The highest BCUT2D eigenvalue weighted by molar-refractivity contribution is 5.97. The Kier molecular flexibility index (Phi) is 6.73. The summed E-state index contributed by atoms with van der Waals surface area (Å²) < 4.78 is 10.6. The van der Waals surface area contributed by atoms with Gasteiger partial charge in [-0.2, -0.15) is 0 Å². The first-order valence-electron chi connectivity index (χ1n) is 8.04. The standard InChI is InChI=1S/C19H20N2O5/c1-13(2)20-19(24)21-17(22)12-25-18(23)14-7-6-10-16(11-14)26-15-8-4-3-5-9-15/h3-11,13H,12H2,1-2H3,(H2,20,21,22,24). The van der Waals surface area contributed by atoms with E-state index in [2.05, 4.69) is 10.6 Å². The molecule has 0 radical (unpaired) electrons. The van der Waals surface area contributed by atoms with Gasteiger partial charge in [-0.1, -0.05) is 24.3 Å². The van der Waals surface area contributed by atoms with Crippen molar-refractivity contribution in [2.75, 3.05) is 6.61 Å². The molecule has 0 unspecified atom stereocenters. The van der Waals surface area contributed by atoms with Gasteiger partial charge in [0.1, 0.15) is 11.5 Å². The number of ether oxygens (including phenoxy) is 2. The first-order valence-corrected chi connectivity index (χ1v) is 8.04. The summed E-state index contributed by atoms with van der Waals surface area (Å²) in [5.74, 6) is -0.309. The Balaban J connectivity index is 1.88. The van der Waals surface area contributed by atoms with Crippen LogP contribution in [0.2, 0.25) is 0 Å². The van der Waals surface area contributed by atoms with Crippen molar-refractivity contribution in [3.05, 3.63) is 60.2 Å². The van der Waals surface area contributed by atoms with Gasteiger partial charge >= 0.3 is 12.0 Å². The van der Waals surface area contributed by atoms with Crippen LogP contribution in [0.15, 0.2) is 54.6 Å². The Labute approximate surface area is 151 Å². The zero-order valence-corrected chi connectivity index (χ0v) is 14.5. The molecule has 7 heteroatoms. The van der Waals surface area contributed by atoms with Crippen LogP contribution >= 0.6 is 0 Å². The lowest BCUT2D eigenvalue weighted by atomic mass is 10.2. The molecule has 26 heavy (non-hydrogen) atoms. The van der Waals surface area contributed by atoms with Crippen LogP contribution in [0.4, 0.5) is 4.79 Å². The molecule has 2 rings (SSSR count). The van der Waals surface area contributed by atoms with Crippen LogP contribution in [-0.4, -0.2) is 30.6 Å². The third-order valence-corrected chi connectivity index (χ3v) is 3.06. The Morgan fingerprint density at radius 2 is 1.65 bits per heavy atom. The number of rotatable bonds is 6. The molecule has 0 aromatic heterocycles. The average Bonchev–Trinajstić information content (AvgIpc) is 2.60. The van der Waals surface area contributed by atoms with Crippen LogP contribution < -0.4 is 15.4 Å². The van der Waals surface area contributed by atoms with Crippen molar-refractivity contribution in [3.63, 3.8) is 0 Å². The molecule has 136 valence electrons. The Morgan fingerprint density at radius 1 is 0.962 bits per heavy atom. The van der Waals surface area contributed by atoms with E-state index in [1.54, 1.807) is 44.2 Å². The van der Waals surface area contributed by atoms with Crippen molar-refractivity contribution in [1.82, 2.24) is 10.6 Å². The fourth-order valence-electron chi connectivity index (χ4n) is 1.99. The van der Waals surface area contributed by atoms with Crippen molar-refractivity contribution >= 4 is 17.9 Å². The molecule has 2 aromatic rings. The molecule has 7 nitrogen and oxygen atoms in total. The minimum Gasteiger partial charge on any atom is -0.457 e. The van der Waals surface area contributed by atoms with Gasteiger partial charge in [-0.05, 0) is 44.2 Å². The second-order valence-electron chi connectivity index (χ2n) is 5.70. The molecule has 0 aliphatic rings. The molecule has 3 amide bonds. The molecule has 0 saturated heterocycles. The monoisotopic (exact) mass is 356 g/mol. The van der Waals surface area contributed by atoms with E-state index in [4.69, 9.17) is 9.47 Å². The predicted octanol–water partition coefficient (Wildman–Crippen LogP) is 2.87. The lowest BCUT2D eigenvalue weighted by molar-refractivity contribution is -0.123. The van der Waals surface area contributed by atoms with Crippen molar-refractivity contribution in [2.24, 2.45) is 0 Å². The van der Waals surface area contributed by atoms with Gasteiger partial charge in [0.05, 0.1) is 5.56 Å². The number of hydrogen-bond acceptors (Lipinski definition) is 5. The molecule has 0 fully saturated rings. The minimum absolute atomic E-state index is 0.113. The van der Waals surface area contributed by atoms with E-state index in [-0.39, 0.29) is 11.6 Å². The van der Waals surface area contributed by atoms with Crippen molar-refractivity contribution in [3.8, 4) is 11.5 Å². The van der Waals surface area contributed by atoms with Crippen LogP contribution in [0.1, 0.15) is 24.2 Å². The van der Waals surface area contributed by atoms with E-state index in [0.717, 1.165) is 0 Å². The Hall–Kier alpha value is -3.35. The summed E-state index contributed by atoms with van der Waals surface area (Å²) in [6.45, 7) is 2.96. The number of benzene rings is 2. The number of carbonyl (C=O) groups excluding carboxylic acids is 3. The number of esters is 1. The van der Waals surface area contributed by atoms with Crippen molar-refractivity contribution < 1.29 is 23.9 Å². The average molecular weight is 356 g/mol. The maximum absolute atomic E-state index is 12.1. The lowest BCUT2D eigenvalue weighted by Gasteiger charge is -2.10. The first kappa shape index (κ1) is 19.0. The van der Waals surface area contributed by atoms with Gasteiger partial charge in [0.25, 0.3) is 5.91 Å². The largest absolute Gasteiger partial charge is 0.457 e. The van der Waals surface area contributed by atoms with Gasteiger partial charge in [-0.15, -0.1) is 0 Å². The molecule has 0 atom stereocenters. The van der Waals surface area contributed by atoms with Gasteiger partial charge in [-0.25, -0.2) is 9.59 Å². The van der Waals surface area contributed by atoms with Crippen LogP contribution in [-0.2, 0) is 9.53 Å². The predicted molar refractivity (Wildman–Crippen MR) is 95.1 cm³/mol. The summed E-state index contributed by atoms with van der Waals surface area (Å²) >= 11 is 0. The van der Waals surface area contributed by atoms with Gasteiger partial charge in [-0.3, -0.25) is 10.1 Å². The first-order chi connectivity index (χ1) is 12.4. The van der Waals surface area contributed by atoms with Crippen LogP contribution in [0.3, 0.4) is 0 Å². The summed E-state index contributed by atoms with van der Waals surface area (Å²) in [6.07, 6.45) is 0. The van der Waals surface area contributed by atoms with E-state index in [9.17, 15) is 14.4 Å². The zero-order valence-electron chi connectivity index (χ0n) is 14.5. The summed E-state index contributed by atoms with van der Waals surface area (Å²) in [4.78, 5) is 35.1. The molecule has 2 aromatic carbocycles. The smallest absolute Gasteiger partial charge is 0.338 e. The molecule has 0 saturated carbocycles. The highest BCUT2D eigenvalue weighted by Gasteiger charge is 2.13. The number of imide groups is 1. The lowest BCUT2D eigenvalue weighted by Crippen LogP contribution is -2.44. The van der Waals surface area contributed by atoms with Crippen LogP contribution in [0.5, 0.6) is 11.5 Å². The number of urea groups is 1. The molecule has 0 heterocycles. The van der Waals surface area contributed by atoms with Crippen LogP contribution in [0, 0.1) is 0 Å². The van der Waals surface area contributed by atoms with Gasteiger partial charge in [0.15, 0.2) is 6.61 Å². The highest BCUT2D eigenvalue weighted by atomic mass is 16.5. The number of para-hydroxylation sites is 1. The number of carbonyl (C=O) groups is 3.